The topological polar surface area (TPSA) is 26.0 Å². The summed E-state index contributed by atoms with van der Waals surface area (Å²) in [7, 11) is 0. The maximum Gasteiger partial charge on any atom is 0.0351 e. The van der Waals surface area contributed by atoms with Gasteiger partial charge in [0.25, 0.3) is 0 Å². The number of aryl methyl sites for hydroxylation is 3. The van der Waals surface area contributed by atoms with Gasteiger partial charge in [-0.1, -0.05) is 6.07 Å². The first-order valence-corrected chi connectivity index (χ1v) is 5.64. The first-order chi connectivity index (χ1) is 6.63. The zero-order chi connectivity index (χ0) is 10.3. The first-order valence-electron chi connectivity index (χ1n) is 4.82. The van der Waals surface area contributed by atoms with E-state index in [1.807, 2.05) is 11.3 Å². The van der Waals surface area contributed by atoms with Crippen LogP contribution >= 0.6 is 11.3 Å². The highest BCUT2D eigenvalue weighted by Gasteiger charge is 2.07. The SMILES string of the molecule is Cc1cc2sc(CN)c(C)c2cc1C. The number of nitrogens with two attached hydrogens (primary N) is 1. The lowest BCUT2D eigenvalue weighted by molar-refractivity contribution is 1.09. The Morgan fingerprint density at radius 1 is 1.14 bits per heavy atom. The van der Waals surface area contributed by atoms with Crippen molar-refractivity contribution < 1.29 is 0 Å². The monoisotopic (exact) mass is 205 g/mol. The molecule has 0 aliphatic carbocycles. The van der Waals surface area contributed by atoms with E-state index in [9.17, 15) is 0 Å². The number of rotatable bonds is 1. The van der Waals surface area contributed by atoms with Gasteiger partial charge in [-0.15, -0.1) is 11.3 Å². The van der Waals surface area contributed by atoms with Crippen LogP contribution in [0, 0.1) is 20.8 Å². The van der Waals surface area contributed by atoms with E-state index >= 15 is 0 Å². The molecule has 0 aliphatic heterocycles. The quantitative estimate of drug-likeness (QED) is 0.759. The summed E-state index contributed by atoms with van der Waals surface area (Å²) in [4.78, 5) is 1.31. The molecular weight excluding hydrogens is 190 g/mol. The van der Waals surface area contributed by atoms with Gasteiger partial charge in [-0.25, -0.2) is 0 Å². The molecule has 0 bridgehead atoms. The van der Waals surface area contributed by atoms with E-state index in [0.717, 1.165) is 0 Å². The highest BCUT2D eigenvalue weighted by molar-refractivity contribution is 7.19. The second-order valence-corrected chi connectivity index (χ2v) is 4.92. The summed E-state index contributed by atoms with van der Waals surface area (Å²) in [6, 6.07) is 4.54. The van der Waals surface area contributed by atoms with Crippen LogP contribution < -0.4 is 5.73 Å². The molecule has 1 nitrogen and oxygen atoms in total. The molecule has 1 aromatic heterocycles. The Bertz CT molecular complexity index is 483. The number of hydrogen-bond donors (Lipinski definition) is 1. The molecule has 0 saturated carbocycles. The summed E-state index contributed by atoms with van der Waals surface area (Å²) in [6.45, 7) is 7.14. The van der Waals surface area contributed by atoms with E-state index in [2.05, 4.69) is 32.9 Å². The van der Waals surface area contributed by atoms with Crippen molar-refractivity contribution in [3.8, 4) is 0 Å². The third-order valence-corrected chi connectivity index (χ3v) is 4.11. The predicted molar refractivity (Wildman–Crippen MR) is 63.9 cm³/mol. The number of thiophene rings is 1. The molecule has 2 N–H and O–H groups in total. The molecule has 1 heterocycles. The van der Waals surface area contributed by atoms with Crippen molar-refractivity contribution >= 4 is 21.4 Å². The molecule has 0 spiro atoms. The van der Waals surface area contributed by atoms with Gasteiger partial charge in [-0.2, -0.15) is 0 Å². The molecule has 0 atom stereocenters. The normalized spacial score (nSPS) is 11.1. The van der Waals surface area contributed by atoms with Crippen molar-refractivity contribution in [2.45, 2.75) is 27.3 Å². The van der Waals surface area contributed by atoms with E-state index in [1.165, 1.54) is 31.7 Å². The lowest BCUT2D eigenvalue weighted by atomic mass is 10.1. The lowest BCUT2D eigenvalue weighted by Gasteiger charge is -1.99. The van der Waals surface area contributed by atoms with Gasteiger partial charge in [0, 0.05) is 16.1 Å². The number of fused-ring (bicyclic) bond motifs is 1. The largest absolute Gasteiger partial charge is 0.326 e. The fraction of sp³-hybridized carbons (Fsp3) is 0.333. The highest BCUT2D eigenvalue weighted by Crippen LogP contribution is 2.32. The molecule has 0 aliphatic rings. The van der Waals surface area contributed by atoms with E-state index in [1.54, 1.807) is 0 Å². The number of hydrogen-bond acceptors (Lipinski definition) is 2. The smallest absolute Gasteiger partial charge is 0.0351 e. The van der Waals surface area contributed by atoms with Crippen LogP contribution in [-0.4, -0.2) is 0 Å². The van der Waals surface area contributed by atoms with Crippen LogP contribution in [0.5, 0.6) is 0 Å². The minimum atomic E-state index is 0.656. The van der Waals surface area contributed by atoms with E-state index in [-0.39, 0.29) is 0 Å². The summed E-state index contributed by atoms with van der Waals surface area (Å²) in [5.74, 6) is 0. The number of benzene rings is 1. The van der Waals surface area contributed by atoms with Gasteiger partial charge in [0.1, 0.15) is 0 Å². The zero-order valence-electron chi connectivity index (χ0n) is 8.85. The Labute approximate surface area is 88.6 Å². The van der Waals surface area contributed by atoms with Crippen molar-refractivity contribution in [2.24, 2.45) is 5.73 Å². The van der Waals surface area contributed by atoms with Crippen molar-refractivity contribution in [3.05, 3.63) is 33.7 Å². The summed E-state index contributed by atoms with van der Waals surface area (Å²) < 4.78 is 1.37. The third kappa shape index (κ3) is 1.35. The maximum atomic E-state index is 5.70. The van der Waals surface area contributed by atoms with Crippen molar-refractivity contribution in [3.63, 3.8) is 0 Å². The van der Waals surface area contributed by atoms with Gasteiger partial charge < -0.3 is 5.73 Å². The lowest BCUT2D eigenvalue weighted by Crippen LogP contribution is -1.94. The summed E-state index contributed by atoms with van der Waals surface area (Å²) in [5.41, 5.74) is 9.78. The maximum absolute atomic E-state index is 5.70. The van der Waals surface area contributed by atoms with Gasteiger partial charge in [0.15, 0.2) is 0 Å². The van der Waals surface area contributed by atoms with Crippen LogP contribution in [0.15, 0.2) is 12.1 Å². The summed E-state index contributed by atoms with van der Waals surface area (Å²) in [6.07, 6.45) is 0. The minimum Gasteiger partial charge on any atom is -0.326 e. The van der Waals surface area contributed by atoms with E-state index in [4.69, 9.17) is 5.73 Å². The molecule has 0 amide bonds. The third-order valence-electron chi connectivity index (χ3n) is 2.84. The molecule has 2 heteroatoms. The first kappa shape index (κ1) is 9.69. The van der Waals surface area contributed by atoms with E-state index < -0.39 is 0 Å². The predicted octanol–water partition coefficient (Wildman–Crippen LogP) is 3.29. The Morgan fingerprint density at radius 3 is 2.43 bits per heavy atom. The molecule has 0 radical (unpaired) electrons. The van der Waals surface area contributed by atoms with Crippen LogP contribution in [0.3, 0.4) is 0 Å². The van der Waals surface area contributed by atoms with E-state index in [0.29, 0.717) is 6.54 Å². The summed E-state index contributed by atoms with van der Waals surface area (Å²) in [5, 5.41) is 1.37. The molecule has 14 heavy (non-hydrogen) atoms. The van der Waals surface area contributed by atoms with Crippen molar-refractivity contribution in [2.75, 3.05) is 0 Å². The molecule has 74 valence electrons. The van der Waals surface area contributed by atoms with Crippen LogP contribution in [0.1, 0.15) is 21.6 Å². The molecule has 0 fully saturated rings. The molecule has 2 rings (SSSR count). The molecule has 0 saturated heterocycles. The Balaban J connectivity index is 2.80. The second-order valence-electron chi connectivity index (χ2n) is 3.79. The van der Waals surface area contributed by atoms with Crippen LogP contribution in [0.2, 0.25) is 0 Å². The molecule has 2 aromatic rings. The average Bonchev–Trinajstić information content (AvgIpc) is 2.45. The Morgan fingerprint density at radius 2 is 1.79 bits per heavy atom. The Kier molecular flexibility index (Phi) is 2.33. The Hall–Kier alpha value is -0.860. The van der Waals surface area contributed by atoms with Crippen LogP contribution in [0.25, 0.3) is 10.1 Å². The van der Waals surface area contributed by atoms with Crippen molar-refractivity contribution in [1.29, 1.82) is 0 Å². The molecule has 0 unspecified atom stereocenters. The van der Waals surface area contributed by atoms with Gasteiger partial charge in [-0.05, 0) is 48.9 Å². The minimum absolute atomic E-state index is 0.656. The molecule has 1 aromatic carbocycles. The van der Waals surface area contributed by atoms with Gasteiger partial charge in [0.2, 0.25) is 0 Å². The van der Waals surface area contributed by atoms with Gasteiger partial charge >= 0.3 is 0 Å². The van der Waals surface area contributed by atoms with Crippen LogP contribution in [0.4, 0.5) is 0 Å². The van der Waals surface area contributed by atoms with Gasteiger partial charge in [-0.3, -0.25) is 0 Å². The fourth-order valence-electron chi connectivity index (χ4n) is 1.72. The highest BCUT2D eigenvalue weighted by atomic mass is 32.1. The zero-order valence-corrected chi connectivity index (χ0v) is 9.66. The van der Waals surface area contributed by atoms with Gasteiger partial charge in [0.05, 0.1) is 0 Å². The fourth-order valence-corrected chi connectivity index (χ4v) is 2.89. The second kappa shape index (κ2) is 3.37. The van der Waals surface area contributed by atoms with Crippen LogP contribution in [-0.2, 0) is 6.54 Å². The summed E-state index contributed by atoms with van der Waals surface area (Å²) >= 11 is 1.82. The standard InChI is InChI=1S/C12H15NS/c1-7-4-10-9(3)12(6-13)14-11(10)5-8(7)2/h4-5H,6,13H2,1-3H3. The van der Waals surface area contributed by atoms with Crippen molar-refractivity contribution in [1.82, 2.24) is 0 Å². The molecular formula is C12H15NS. The average molecular weight is 205 g/mol.